The van der Waals surface area contributed by atoms with E-state index < -0.39 is 17.4 Å². The van der Waals surface area contributed by atoms with Gasteiger partial charge in [0.15, 0.2) is 0 Å². The largest absolute Gasteiger partial charge is 0.481 e. The minimum absolute atomic E-state index is 0.0676. The number of nitrogens with one attached hydrogen (secondary N) is 1. The van der Waals surface area contributed by atoms with Gasteiger partial charge in [-0.15, -0.1) is 0 Å². The van der Waals surface area contributed by atoms with Crippen molar-refractivity contribution in [3.8, 4) is 0 Å². The topological polar surface area (TPSA) is 97.6 Å². The Morgan fingerprint density at radius 3 is 2.40 bits per heavy atom. The SMILES string of the molecule is CCCc1c(C)cc(C(=O)NC2(CC(=O)O)CCC(C)(C)CC2)c(=O)n1CCOC. The van der Waals surface area contributed by atoms with Crippen molar-refractivity contribution in [3.63, 3.8) is 0 Å². The lowest BCUT2D eigenvalue weighted by Crippen LogP contribution is -2.54. The average Bonchev–Trinajstić information content (AvgIpc) is 2.66. The van der Waals surface area contributed by atoms with Crippen LogP contribution in [0.25, 0.3) is 0 Å². The normalized spacial score (nSPS) is 17.5. The Labute approximate surface area is 178 Å². The second-order valence-electron chi connectivity index (χ2n) is 9.36. The second-order valence-corrected chi connectivity index (χ2v) is 9.36. The van der Waals surface area contributed by atoms with E-state index >= 15 is 0 Å². The maximum Gasteiger partial charge on any atom is 0.305 e. The quantitative estimate of drug-likeness (QED) is 0.639. The molecule has 1 aliphatic rings. The molecule has 1 saturated carbocycles. The third kappa shape index (κ3) is 5.72. The third-order valence-electron chi connectivity index (χ3n) is 6.30. The first-order chi connectivity index (χ1) is 14.0. The lowest BCUT2D eigenvalue weighted by Gasteiger charge is -2.43. The zero-order chi connectivity index (χ0) is 22.5. The van der Waals surface area contributed by atoms with Gasteiger partial charge in [0.1, 0.15) is 5.56 Å². The summed E-state index contributed by atoms with van der Waals surface area (Å²) in [5.41, 5.74) is 0.819. The predicted molar refractivity (Wildman–Crippen MR) is 116 cm³/mol. The van der Waals surface area contributed by atoms with Crippen LogP contribution in [-0.4, -0.2) is 40.8 Å². The van der Waals surface area contributed by atoms with E-state index in [-0.39, 0.29) is 23.0 Å². The molecule has 1 heterocycles. The molecule has 0 bridgehead atoms. The molecule has 2 N–H and O–H groups in total. The van der Waals surface area contributed by atoms with Gasteiger partial charge in [0.2, 0.25) is 0 Å². The van der Waals surface area contributed by atoms with Gasteiger partial charge in [0, 0.05) is 19.3 Å². The fourth-order valence-corrected chi connectivity index (χ4v) is 4.34. The average molecular weight is 421 g/mol. The highest BCUT2D eigenvalue weighted by atomic mass is 16.5. The van der Waals surface area contributed by atoms with Crippen LogP contribution < -0.4 is 10.9 Å². The van der Waals surface area contributed by atoms with Crippen molar-refractivity contribution in [3.05, 3.63) is 33.2 Å². The zero-order valence-corrected chi connectivity index (χ0v) is 19.0. The molecular formula is C23H36N2O5. The van der Waals surface area contributed by atoms with Gasteiger partial charge in [0.05, 0.1) is 18.6 Å². The van der Waals surface area contributed by atoms with E-state index in [9.17, 15) is 19.5 Å². The highest BCUT2D eigenvalue weighted by Gasteiger charge is 2.41. The number of amides is 1. The van der Waals surface area contributed by atoms with E-state index in [1.54, 1.807) is 17.7 Å². The lowest BCUT2D eigenvalue weighted by molar-refractivity contribution is -0.139. The Balaban J connectivity index is 2.39. The molecule has 0 saturated heterocycles. The van der Waals surface area contributed by atoms with Crippen LogP contribution in [0.3, 0.4) is 0 Å². The van der Waals surface area contributed by atoms with E-state index in [0.717, 1.165) is 36.9 Å². The van der Waals surface area contributed by atoms with Crippen LogP contribution in [0.1, 0.15) is 80.9 Å². The molecule has 0 radical (unpaired) electrons. The number of nitrogens with zero attached hydrogens (tertiary/aromatic N) is 1. The number of carbonyl (C=O) groups is 2. The Bertz CT molecular complexity index is 831. The molecule has 1 aliphatic carbocycles. The molecule has 30 heavy (non-hydrogen) atoms. The summed E-state index contributed by atoms with van der Waals surface area (Å²) in [6.45, 7) is 9.01. The number of carboxylic acid groups (broad SMARTS) is 1. The Hall–Kier alpha value is -2.15. The van der Waals surface area contributed by atoms with Gasteiger partial charge in [-0.3, -0.25) is 14.4 Å². The first kappa shape index (κ1) is 24.1. The van der Waals surface area contributed by atoms with E-state index in [4.69, 9.17) is 4.74 Å². The highest BCUT2D eigenvalue weighted by Crippen LogP contribution is 2.41. The van der Waals surface area contributed by atoms with Crippen LogP contribution in [0, 0.1) is 12.3 Å². The number of rotatable bonds is 9. The fourth-order valence-electron chi connectivity index (χ4n) is 4.34. The van der Waals surface area contributed by atoms with Gasteiger partial charge in [-0.1, -0.05) is 27.2 Å². The van der Waals surface area contributed by atoms with Crippen molar-refractivity contribution in [2.75, 3.05) is 13.7 Å². The van der Waals surface area contributed by atoms with Crippen LogP contribution >= 0.6 is 0 Å². The molecule has 1 amide bonds. The summed E-state index contributed by atoms with van der Waals surface area (Å²) < 4.78 is 6.78. The maximum atomic E-state index is 13.2. The summed E-state index contributed by atoms with van der Waals surface area (Å²) in [5, 5.41) is 12.4. The molecule has 2 rings (SSSR count). The molecule has 0 spiro atoms. The summed E-state index contributed by atoms with van der Waals surface area (Å²) in [4.78, 5) is 37.9. The minimum Gasteiger partial charge on any atom is -0.481 e. The molecule has 0 aromatic carbocycles. The van der Waals surface area contributed by atoms with E-state index in [2.05, 4.69) is 19.2 Å². The number of carboxylic acids is 1. The Morgan fingerprint density at radius 2 is 1.87 bits per heavy atom. The van der Waals surface area contributed by atoms with Crippen LogP contribution in [0.5, 0.6) is 0 Å². The summed E-state index contributed by atoms with van der Waals surface area (Å²) in [5.74, 6) is -1.43. The summed E-state index contributed by atoms with van der Waals surface area (Å²) in [6.07, 6.45) is 4.31. The smallest absolute Gasteiger partial charge is 0.305 e. The Kier molecular flexibility index (Phi) is 7.86. The number of hydrogen-bond acceptors (Lipinski definition) is 4. The summed E-state index contributed by atoms with van der Waals surface area (Å²) in [7, 11) is 1.58. The van der Waals surface area contributed by atoms with Gasteiger partial charge < -0.3 is 19.7 Å². The van der Waals surface area contributed by atoms with Gasteiger partial charge in [-0.2, -0.15) is 0 Å². The van der Waals surface area contributed by atoms with Gasteiger partial charge in [0.25, 0.3) is 11.5 Å². The second kappa shape index (κ2) is 9.77. The summed E-state index contributed by atoms with van der Waals surface area (Å²) in [6, 6.07) is 1.65. The first-order valence-electron chi connectivity index (χ1n) is 10.8. The van der Waals surface area contributed by atoms with Crippen LogP contribution in [0.15, 0.2) is 10.9 Å². The predicted octanol–water partition coefficient (Wildman–Crippen LogP) is 3.30. The molecule has 0 atom stereocenters. The Morgan fingerprint density at radius 1 is 1.23 bits per heavy atom. The standard InChI is InChI=1S/C23H36N2O5/c1-6-7-18-16(2)14-17(21(29)25(18)12-13-30-5)20(28)24-23(15-19(26)27)10-8-22(3,4)9-11-23/h14H,6-13,15H2,1-5H3,(H,24,28)(H,26,27). The molecular weight excluding hydrogens is 384 g/mol. The molecule has 1 fully saturated rings. The number of pyridine rings is 1. The highest BCUT2D eigenvalue weighted by molar-refractivity contribution is 5.95. The number of hydrogen-bond donors (Lipinski definition) is 2. The number of aliphatic carboxylic acids is 1. The van der Waals surface area contributed by atoms with E-state index in [1.807, 2.05) is 13.8 Å². The van der Waals surface area contributed by atoms with Crippen molar-refractivity contribution in [2.24, 2.45) is 5.41 Å². The number of aryl methyl sites for hydroxylation is 1. The molecule has 0 aliphatic heterocycles. The van der Waals surface area contributed by atoms with Crippen LogP contribution in [0.2, 0.25) is 0 Å². The van der Waals surface area contributed by atoms with Crippen LogP contribution in [-0.2, 0) is 22.5 Å². The molecule has 7 nitrogen and oxygen atoms in total. The molecule has 7 heteroatoms. The van der Waals surface area contributed by atoms with Crippen molar-refractivity contribution in [1.82, 2.24) is 9.88 Å². The van der Waals surface area contributed by atoms with E-state index in [1.165, 1.54) is 0 Å². The van der Waals surface area contributed by atoms with Crippen LogP contribution in [0.4, 0.5) is 0 Å². The molecule has 1 aromatic rings. The molecule has 1 aromatic heterocycles. The molecule has 168 valence electrons. The number of aromatic nitrogens is 1. The minimum atomic E-state index is -0.943. The van der Waals surface area contributed by atoms with Crippen molar-refractivity contribution in [1.29, 1.82) is 0 Å². The van der Waals surface area contributed by atoms with Gasteiger partial charge in [-0.25, -0.2) is 0 Å². The molecule has 0 unspecified atom stereocenters. The fraction of sp³-hybridized carbons (Fsp3) is 0.696. The van der Waals surface area contributed by atoms with Gasteiger partial charge in [-0.05, 0) is 56.1 Å². The van der Waals surface area contributed by atoms with Crippen molar-refractivity contribution < 1.29 is 19.4 Å². The van der Waals surface area contributed by atoms with Gasteiger partial charge >= 0.3 is 5.97 Å². The van der Waals surface area contributed by atoms with Crippen molar-refractivity contribution >= 4 is 11.9 Å². The van der Waals surface area contributed by atoms with Crippen molar-refractivity contribution in [2.45, 2.75) is 84.7 Å². The lowest BCUT2D eigenvalue weighted by atomic mass is 9.68. The van der Waals surface area contributed by atoms with E-state index in [0.29, 0.717) is 26.0 Å². The number of ether oxygens (including phenoxy) is 1. The summed E-state index contributed by atoms with van der Waals surface area (Å²) >= 11 is 0. The number of methoxy groups -OCH3 is 1. The maximum absolute atomic E-state index is 13.2. The number of carbonyl (C=O) groups excluding carboxylic acids is 1. The third-order valence-corrected chi connectivity index (χ3v) is 6.30. The first-order valence-corrected chi connectivity index (χ1v) is 10.8. The zero-order valence-electron chi connectivity index (χ0n) is 19.0. The monoisotopic (exact) mass is 420 g/mol.